The highest BCUT2D eigenvalue weighted by atomic mass is 32.2. The van der Waals surface area contributed by atoms with Gasteiger partial charge in [0.05, 0.1) is 23.4 Å². The molecule has 2 aliphatic rings. The van der Waals surface area contributed by atoms with Gasteiger partial charge in [-0.15, -0.1) is 0 Å². The van der Waals surface area contributed by atoms with E-state index < -0.39 is 0 Å². The van der Waals surface area contributed by atoms with E-state index in [0.29, 0.717) is 22.7 Å². The van der Waals surface area contributed by atoms with Crippen molar-refractivity contribution in [1.29, 1.82) is 0 Å². The Balaban J connectivity index is 1.43. The summed E-state index contributed by atoms with van der Waals surface area (Å²) < 4.78 is 7.77. The Bertz CT molecular complexity index is 1080. The van der Waals surface area contributed by atoms with Gasteiger partial charge in [0.2, 0.25) is 0 Å². The summed E-state index contributed by atoms with van der Waals surface area (Å²) in [6, 6.07) is 16.1. The first-order valence-electron chi connectivity index (χ1n) is 10.3. The molecule has 5 rings (SSSR count). The number of amidine groups is 1. The highest BCUT2D eigenvalue weighted by Gasteiger charge is 2.34. The number of amides is 1. The van der Waals surface area contributed by atoms with E-state index in [1.54, 1.807) is 11.2 Å². The Kier molecular flexibility index (Phi) is 5.32. The molecule has 5 nitrogen and oxygen atoms in total. The van der Waals surface area contributed by atoms with Crippen LogP contribution in [-0.4, -0.2) is 20.5 Å². The van der Waals surface area contributed by atoms with Crippen LogP contribution in [0.15, 0.2) is 81.5 Å². The molecule has 1 saturated carbocycles. The van der Waals surface area contributed by atoms with Gasteiger partial charge in [0.15, 0.2) is 5.17 Å². The summed E-state index contributed by atoms with van der Waals surface area (Å²) in [6.07, 6.45) is 13.0. The number of para-hydroxylation sites is 1. The highest BCUT2D eigenvalue weighted by Crippen LogP contribution is 2.36. The smallest absolute Gasteiger partial charge is 0.267 e. The quantitative estimate of drug-likeness (QED) is 0.478. The number of furan rings is 1. The molecule has 0 atom stereocenters. The van der Waals surface area contributed by atoms with E-state index in [0.717, 1.165) is 17.0 Å². The lowest BCUT2D eigenvalue weighted by Crippen LogP contribution is -2.28. The summed E-state index contributed by atoms with van der Waals surface area (Å²) in [5, 5.41) is 0.670. The van der Waals surface area contributed by atoms with Gasteiger partial charge in [-0.1, -0.05) is 31.0 Å². The number of nitrogens with zero attached hydrogens (tertiary/aromatic N) is 3. The largest absolute Gasteiger partial charge is 0.467 e. The van der Waals surface area contributed by atoms with E-state index >= 15 is 0 Å². The predicted octanol–water partition coefficient (Wildman–Crippen LogP) is 6.00. The minimum Gasteiger partial charge on any atom is -0.467 e. The lowest BCUT2D eigenvalue weighted by atomic mass is 10.2. The number of carbonyl (C=O) groups excluding carboxylic acids is 1. The van der Waals surface area contributed by atoms with Gasteiger partial charge in [0.1, 0.15) is 5.76 Å². The van der Waals surface area contributed by atoms with Crippen LogP contribution in [0.3, 0.4) is 0 Å². The van der Waals surface area contributed by atoms with Crippen molar-refractivity contribution in [2.45, 2.75) is 38.3 Å². The summed E-state index contributed by atoms with van der Waals surface area (Å²) in [6.45, 7) is 0.366. The highest BCUT2D eigenvalue weighted by molar-refractivity contribution is 8.18. The minimum atomic E-state index is -0.0419. The number of hydrogen-bond acceptors (Lipinski definition) is 4. The van der Waals surface area contributed by atoms with Crippen molar-refractivity contribution in [3.8, 4) is 0 Å². The molecule has 1 amide bonds. The van der Waals surface area contributed by atoms with Crippen LogP contribution in [0.25, 0.3) is 6.08 Å². The number of aliphatic imine (C=N–C) groups is 1. The fraction of sp³-hybridized carbons (Fsp3) is 0.250. The number of hydrogen-bond donors (Lipinski definition) is 0. The SMILES string of the molecule is O=C1/C(=C\c2ccn(C3CCCC3)c2)SC(=Nc2ccccc2)N1Cc1ccco1. The summed E-state index contributed by atoms with van der Waals surface area (Å²) in [4.78, 5) is 20.3. The Morgan fingerprint density at radius 3 is 2.70 bits per heavy atom. The Hall–Kier alpha value is -2.99. The third-order valence-corrected chi connectivity index (χ3v) is 6.55. The molecule has 0 unspecified atom stereocenters. The Morgan fingerprint density at radius 1 is 1.10 bits per heavy atom. The molecule has 1 aliphatic carbocycles. The molecule has 3 heterocycles. The fourth-order valence-electron chi connectivity index (χ4n) is 4.00. The van der Waals surface area contributed by atoms with Crippen LogP contribution in [0.5, 0.6) is 0 Å². The molecular formula is C24H23N3O2S. The molecule has 0 N–H and O–H groups in total. The van der Waals surface area contributed by atoms with Crippen LogP contribution in [0.1, 0.15) is 43.0 Å². The third kappa shape index (κ3) is 4.00. The van der Waals surface area contributed by atoms with E-state index in [2.05, 4.69) is 23.0 Å². The molecule has 0 radical (unpaired) electrons. The van der Waals surface area contributed by atoms with Gasteiger partial charge in [-0.25, -0.2) is 4.99 Å². The Labute approximate surface area is 180 Å². The van der Waals surface area contributed by atoms with Gasteiger partial charge in [-0.3, -0.25) is 9.69 Å². The summed E-state index contributed by atoms with van der Waals surface area (Å²) >= 11 is 1.42. The number of rotatable bonds is 5. The van der Waals surface area contributed by atoms with Crippen LogP contribution >= 0.6 is 11.8 Å². The molecule has 1 aromatic carbocycles. The summed E-state index contributed by atoms with van der Waals surface area (Å²) in [5.74, 6) is 0.693. The molecule has 2 aromatic heterocycles. The van der Waals surface area contributed by atoms with Crippen molar-refractivity contribution in [3.05, 3.63) is 83.4 Å². The van der Waals surface area contributed by atoms with Gasteiger partial charge < -0.3 is 8.98 Å². The number of thioether (sulfide) groups is 1. The second-order valence-electron chi connectivity index (χ2n) is 7.64. The third-order valence-electron chi connectivity index (χ3n) is 5.54. The van der Waals surface area contributed by atoms with Crippen molar-refractivity contribution in [2.24, 2.45) is 4.99 Å². The molecule has 152 valence electrons. The van der Waals surface area contributed by atoms with Crippen molar-refractivity contribution < 1.29 is 9.21 Å². The maximum absolute atomic E-state index is 13.2. The zero-order chi connectivity index (χ0) is 20.3. The zero-order valence-corrected chi connectivity index (χ0v) is 17.4. The first kappa shape index (κ1) is 19.0. The summed E-state index contributed by atoms with van der Waals surface area (Å²) in [5.41, 5.74) is 1.88. The zero-order valence-electron chi connectivity index (χ0n) is 16.6. The van der Waals surface area contributed by atoms with Gasteiger partial charge in [-0.05, 0) is 66.6 Å². The second-order valence-corrected chi connectivity index (χ2v) is 8.65. The lowest BCUT2D eigenvalue weighted by Gasteiger charge is -2.13. The first-order valence-corrected chi connectivity index (χ1v) is 11.1. The molecule has 3 aromatic rings. The van der Waals surface area contributed by atoms with E-state index in [9.17, 15) is 4.79 Å². The Morgan fingerprint density at radius 2 is 1.93 bits per heavy atom. The summed E-state index contributed by atoms with van der Waals surface area (Å²) in [7, 11) is 0. The van der Waals surface area contributed by atoms with E-state index in [1.165, 1.54) is 37.4 Å². The topological polar surface area (TPSA) is 50.7 Å². The standard InChI is InChI=1S/C24H23N3O2S/c28-23-22(15-18-12-13-26(16-18)20-9-4-5-10-20)30-24(25-19-7-2-1-3-8-19)27(23)17-21-11-6-14-29-21/h1-3,6-8,11-16,20H,4-5,9-10,17H2/b22-15+,25-24?. The average molecular weight is 418 g/mol. The monoisotopic (exact) mass is 417 g/mol. The normalized spacial score (nSPS) is 20.1. The van der Waals surface area contributed by atoms with Gasteiger partial charge >= 0.3 is 0 Å². The molecule has 2 fully saturated rings. The molecule has 6 heteroatoms. The van der Waals surface area contributed by atoms with Crippen LogP contribution in [0.4, 0.5) is 5.69 Å². The number of benzene rings is 1. The molecule has 30 heavy (non-hydrogen) atoms. The number of carbonyl (C=O) groups is 1. The van der Waals surface area contributed by atoms with E-state index in [-0.39, 0.29) is 5.91 Å². The van der Waals surface area contributed by atoms with E-state index in [4.69, 9.17) is 9.41 Å². The van der Waals surface area contributed by atoms with Crippen LogP contribution < -0.4 is 0 Å². The maximum Gasteiger partial charge on any atom is 0.267 e. The lowest BCUT2D eigenvalue weighted by molar-refractivity contribution is -0.122. The molecular weight excluding hydrogens is 394 g/mol. The molecule has 0 spiro atoms. The van der Waals surface area contributed by atoms with Gasteiger partial charge in [0.25, 0.3) is 5.91 Å². The second kappa shape index (κ2) is 8.40. The van der Waals surface area contributed by atoms with Crippen molar-refractivity contribution in [3.63, 3.8) is 0 Å². The molecule has 1 saturated heterocycles. The molecule has 0 bridgehead atoms. The fourth-order valence-corrected chi connectivity index (χ4v) is 5.00. The first-order chi connectivity index (χ1) is 14.8. The van der Waals surface area contributed by atoms with Crippen LogP contribution in [0, 0.1) is 0 Å². The van der Waals surface area contributed by atoms with E-state index in [1.807, 2.05) is 48.5 Å². The van der Waals surface area contributed by atoms with Crippen LogP contribution in [-0.2, 0) is 11.3 Å². The maximum atomic E-state index is 13.2. The molecule has 1 aliphatic heterocycles. The van der Waals surface area contributed by atoms with Crippen molar-refractivity contribution in [1.82, 2.24) is 9.47 Å². The minimum absolute atomic E-state index is 0.0419. The van der Waals surface area contributed by atoms with Crippen LogP contribution in [0.2, 0.25) is 0 Å². The number of aromatic nitrogens is 1. The predicted molar refractivity (Wildman–Crippen MR) is 120 cm³/mol. The van der Waals surface area contributed by atoms with Crippen molar-refractivity contribution in [2.75, 3.05) is 0 Å². The van der Waals surface area contributed by atoms with Gasteiger partial charge in [-0.2, -0.15) is 0 Å². The average Bonchev–Trinajstić information content (AvgIpc) is 3.56. The van der Waals surface area contributed by atoms with Crippen molar-refractivity contribution >= 4 is 34.6 Å². The van der Waals surface area contributed by atoms with Gasteiger partial charge in [0, 0.05) is 18.4 Å².